The number of hydrogen-bond donors (Lipinski definition) is 2. The van der Waals surface area contributed by atoms with Crippen LogP contribution in [-0.2, 0) is 11.2 Å². The number of nitrogens with zero attached hydrogens (tertiary/aromatic N) is 1. The van der Waals surface area contributed by atoms with E-state index in [1.165, 1.54) is 0 Å². The highest BCUT2D eigenvalue weighted by atomic mass is 16.4. The van der Waals surface area contributed by atoms with Crippen LogP contribution < -0.4 is 11.1 Å². The van der Waals surface area contributed by atoms with Gasteiger partial charge >= 0.3 is 0 Å². The summed E-state index contributed by atoms with van der Waals surface area (Å²) in [7, 11) is 0. The van der Waals surface area contributed by atoms with Crippen LogP contribution in [0.25, 0.3) is 11.3 Å². The van der Waals surface area contributed by atoms with E-state index in [2.05, 4.69) is 10.3 Å². The molecule has 3 rings (SSSR count). The Morgan fingerprint density at radius 3 is 2.94 bits per heavy atom. The average molecular weight is 243 g/mol. The van der Waals surface area contributed by atoms with E-state index in [0.29, 0.717) is 12.2 Å². The number of rotatable bonds is 1. The van der Waals surface area contributed by atoms with Crippen LogP contribution >= 0.6 is 0 Å². The van der Waals surface area contributed by atoms with Gasteiger partial charge in [0.25, 0.3) is 6.01 Å². The molecule has 0 aliphatic carbocycles. The summed E-state index contributed by atoms with van der Waals surface area (Å²) in [5.74, 6) is 0.768. The Labute approximate surface area is 104 Å². The maximum absolute atomic E-state index is 11.3. The molecule has 0 spiro atoms. The van der Waals surface area contributed by atoms with Crippen molar-refractivity contribution in [1.29, 1.82) is 0 Å². The van der Waals surface area contributed by atoms with E-state index >= 15 is 0 Å². The third-order valence-corrected chi connectivity index (χ3v) is 3.09. The van der Waals surface area contributed by atoms with Crippen LogP contribution in [0, 0.1) is 6.92 Å². The summed E-state index contributed by atoms with van der Waals surface area (Å²) in [6.07, 6.45) is 1.28. The Morgan fingerprint density at radius 2 is 2.22 bits per heavy atom. The number of nitrogen functional groups attached to an aromatic ring is 1. The first-order valence-corrected chi connectivity index (χ1v) is 5.79. The molecule has 5 heteroatoms. The molecular weight excluding hydrogens is 230 g/mol. The van der Waals surface area contributed by atoms with Crippen molar-refractivity contribution in [3.8, 4) is 11.3 Å². The van der Waals surface area contributed by atoms with Crippen molar-refractivity contribution in [3.63, 3.8) is 0 Å². The number of aromatic nitrogens is 1. The number of amides is 1. The predicted molar refractivity (Wildman–Crippen MR) is 68.0 cm³/mol. The summed E-state index contributed by atoms with van der Waals surface area (Å²) < 4.78 is 5.23. The van der Waals surface area contributed by atoms with E-state index < -0.39 is 0 Å². The van der Waals surface area contributed by atoms with Gasteiger partial charge in [0.2, 0.25) is 5.91 Å². The zero-order valence-electron chi connectivity index (χ0n) is 9.99. The van der Waals surface area contributed by atoms with Crippen molar-refractivity contribution < 1.29 is 9.21 Å². The number of fused-ring (bicyclic) bond motifs is 1. The number of carbonyl (C=O) groups is 1. The summed E-state index contributed by atoms with van der Waals surface area (Å²) in [4.78, 5) is 15.5. The molecule has 1 aliphatic heterocycles. The Hall–Kier alpha value is -2.30. The molecule has 0 saturated heterocycles. The summed E-state index contributed by atoms with van der Waals surface area (Å²) >= 11 is 0. The normalized spacial score (nSPS) is 14.2. The average Bonchev–Trinajstić information content (AvgIpc) is 2.68. The number of hydrogen-bond acceptors (Lipinski definition) is 4. The Balaban J connectivity index is 2.05. The minimum Gasteiger partial charge on any atom is -0.429 e. The molecular formula is C13H13N3O2. The largest absolute Gasteiger partial charge is 0.429 e. The Bertz CT molecular complexity index is 631. The summed E-state index contributed by atoms with van der Waals surface area (Å²) in [6.45, 7) is 1.83. The van der Waals surface area contributed by atoms with Gasteiger partial charge in [-0.2, -0.15) is 4.98 Å². The molecule has 5 nitrogen and oxygen atoms in total. The summed E-state index contributed by atoms with van der Waals surface area (Å²) in [6, 6.07) is 6.01. The maximum Gasteiger partial charge on any atom is 0.292 e. The second kappa shape index (κ2) is 3.87. The number of aryl methyl sites for hydroxylation is 2. The van der Waals surface area contributed by atoms with Gasteiger partial charge in [-0.25, -0.2) is 0 Å². The van der Waals surface area contributed by atoms with Crippen molar-refractivity contribution in [1.82, 2.24) is 4.98 Å². The van der Waals surface area contributed by atoms with Crippen molar-refractivity contribution >= 4 is 17.6 Å². The van der Waals surface area contributed by atoms with Crippen molar-refractivity contribution in [2.75, 3.05) is 11.1 Å². The van der Waals surface area contributed by atoms with Gasteiger partial charge in [-0.3, -0.25) is 4.79 Å². The fourth-order valence-electron chi connectivity index (χ4n) is 2.22. The van der Waals surface area contributed by atoms with Gasteiger partial charge in [0, 0.05) is 17.7 Å². The quantitative estimate of drug-likeness (QED) is 0.803. The molecule has 2 heterocycles. The van der Waals surface area contributed by atoms with Gasteiger partial charge in [0.15, 0.2) is 0 Å². The van der Waals surface area contributed by atoms with Crippen molar-refractivity contribution in [2.45, 2.75) is 19.8 Å². The van der Waals surface area contributed by atoms with Gasteiger partial charge in [0.1, 0.15) is 11.5 Å². The van der Waals surface area contributed by atoms with Gasteiger partial charge in [-0.15, -0.1) is 0 Å². The number of oxazole rings is 1. The molecule has 0 bridgehead atoms. The molecule has 3 N–H and O–H groups in total. The van der Waals surface area contributed by atoms with Crippen LogP contribution in [-0.4, -0.2) is 10.9 Å². The molecule has 0 unspecified atom stereocenters. The monoisotopic (exact) mass is 243 g/mol. The molecule has 1 aromatic heterocycles. The molecule has 1 aromatic carbocycles. The fourth-order valence-corrected chi connectivity index (χ4v) is 2.22. The highest BCUT2D eigenvalue weighted by molar-refractivity contribution is 5.94. The lowest BCUT2D eigenvalue weighted by Crippen LogP contribution is -2.18. The first kappa shape index (κ1) is 10.8. The summed E-state index contributed by atoms with van der Waals surface area (Å²) in [5.41, 5.74) is 9.25. The summed E-state index contributed by atoms with van der Waals surface area (Å²) in [5, 5.41) is 2.85. The van der Waals surface area contributed by atoms with E-state index in [1.807, 2.05) is 25.1 Å². The van der Waals surface area contributed by atoms with Crippen LogP contribution in [0.3, 0.4) is 0 Å². The molecule has 0 atom stereocenters. The SMILES string of the molecule is Cc1oc(N)nc1-c1ccc2c(c1)CCC(=O)N2. The number of benzene rings is 1. The van der Waals surface area contributed by atoms with E-state index in [9.17, 15) is 4.79 Å². The number of anilines is 2. The first-order valence-electron chi connectivity index (χ1n) is 5.79. The molecule has 2 aromatic rings. The lowest BCUT2D eigenvalue weighted by atomic mass is 9.99. The van der Waals surface area contributed by atoms with E-state index in [0.717, 1.165) is 28.9 Å². The van der Waals surface area contributed by atoms with Gasteiger partial charge in [0.05, 0.1) is 0 Å². The second-order valence-corrected chi connectivity index (χ2v) is 4.38. The smallest absolute Gasteiger partial charge is 0.292 e. The van der Waals surface area contributed by atoms with Crippen LogP contribution in [0.1, 0.15) is 17.7 Å². The third-order valence-electron chi connectivity index (χ3n) is 3.09. The molecule has 0 fully saturated rings. The van der Waals surface area contributed by atoms with Gasteiger partial charge in [-0.05, 0) is 31.0 Å². The Morgan fingerprint density at radius 1 is 1.39 bits per heavy atom. The fraction of sp³-hybridized carbons (Fsp3) is 0.231. The van der Waals surface area contributed by atoms with Crippen molar-refractivity contribution in [2.24, 2.45) is 0 Å². The van der Waals surface area contributed by atoms with E-state index in [4.69, 9.17) is 10.2 Å². The van der Waals surface area contributed by atoms with E-state index in [-0.39, 0.29) is 11.9 Å². The first-order chi connectivity index (χ1) is 8.63. The minimum absolute atomic E-state index is 0.0668. The van der Waals surface area contributed by atoms with E-state index in [1.54, 1.807) is 0 Å². The molecule has 18 heavy (non-hydrogen) atoms. The molecule has 0 saturated carbocycles. The zero-order chi connectivity index (χ0) is 12.7. The third kappa shape index (κ3) is 1.73. The second-order valence-electron chi connectivity index (χ2n) is 4.38. The van der Waals surface area contributed by atoms with Crippen LogP contribution in [0.5, 0.6) is 0 Å². The molecule has 1 amide bonds. The number of nitrogens with one attached hydrogen (secondary N) is 1. The number of nitrogens with two attached hydrogens (primary N) is 1. The highest BCUT2D eigenvalue weighted by Gasteiger charge is 2.17. The van der Waals surface area contributed by atoms with Crippen LogP contribution in [0.15, 0.2) is 22.6 Å². The highest BCUT2D eigenvalue weighted by Crippen LogP contribution is 2.30. The number of carbonyl (C=O) groups excluding carboxylic acids is 1. The standard InChI is InChI=1S/C13H13N3O2/c1-7-12(16-13(14)18-7)9-2-4-10-8(6-9)3-5-11(17)15-10/h2,4,6H,3,5H2,1H3,(H2,14,16)(H,15,17). The minimum atomic E-state index is 0.0668. The molecule has 1 aliphatic rings. The maximum atomic E-state index is 11.3. The lowest BCUT2D eigenvalue weighted by Gasteiger charge is -2.17. The Kier molecular flexibility index (Phi) is 2.33. The van der Waals surface area contributed by atoms with Gasteiger partial charge in [-0.1, -0.05) is 6.07 Å². The van der Waals surface area contributed by atoms with Crippen LogP contribution in [0.2, 0.25) is 0 Å². The molecule has 0 radical (unpaired) electrons. The van der Waals surface area contributed by atoms with Gasteiger partial charge < -0.3 is 15.5 Å². The predicted octanol–water partition coefficient (Wildman–Crippen LogP) is 2.12. The topological polar surface area (TPSA) is 81.2 Å². The molecule has 92 valence electrons. The lowest BCUT2D eigenvalue weighted by molar-refractivity contribution is -0.116. The van der Waals surface area contributed by atoms with Crippen molar-refractivity contribution in [3.05, 3.63) is 29.5 Å². The van der Waals surface area contributed by atoms with Crippen LogP contribution in [0.4, 0.5) is 11.7 Å². The zero-order valence-corrected chi connectivity index (χ0v) is 9.99.